The number of nitrogens with zero attached hydrogens (tertiary/aromatic N) is 2. The molecule has 1 aromatic carbocycles. The van der Waals surface area contributed by atoms with E-state index in [0.717, 1.165) is 56.5 Å². The summed E-state index contributed by atoms with van der Waals surface area (Å²) in [6.45, 7) is 4.60. The molecule has 0 bridgehead atoms. The fourth-order valence-electron chi connectivity index (χ4n) is 5.79. The van der Waals surface area contributed by atoms with Gasteiger partial charge in [-0.2, -0.15) is 0 Å². The normalized spacial score (nSPS) is 29.8. The molecule has 8 heteroatoms. The Morgan fingerprint density at radius 2 is 1.88 bits per heavy atom. The number of carbonyl (C=O) groups excluding carboxylic acids is 3. The molecule has 1 aromatic rings. The summed E-state index contributed by atoms with van der Waals surface area (Å²) < 4.78 is 12.2. The van der Waals surface area contributed by atoms with E-state index in [1.165, 1.54) is 0 Å². The number of methoxy groups -OCH3 is 1. The van der Waals surface area contributed by atoms with E-state index in [-0.39, 0.29) is 35.8 Å². The minimum Gasteiger partial charge on any atom is -0.489 e. The zero-order valence-corrected chi connectivity index (χ0v) is 19.5. The second-order valence-corrected chi connectivity index (χ2v) is 10.1. The van der Waals surface area contributed by atoms with Crippen LogP contribution in [0.3, 0.4) is 0 Å². The minimum absolute atomic E-state index is 0.0215. The number of likely N-dealkylation sites (tertiary alicyclic amines) is 1. The third kappa shape index (κ3) is 4.26. The highest BCUT2D eigenvalue weighted by Crippen LogP contribution is 2.35. The van der Waals surface area contributed by atoms with E-state index < -0.39 is 6.04 Å². The number of nitrogens with one attached hydrogen (secondary N) is 1. The maximum absolute atomic E-state index is 12.9. The van der Waals surface area contributed by atoms with Crippen molar-refractivity contribution in [2.75, 3.05) is 20.2 Å². The van der Waals surface area contributed by atoms with Gasteiger partial charge in [-0.15, -0.1) is 0 Å². The Balaban J connectivity index is 1.25. The van der Waals surface area contributed by atoms with E-state index in [1.807, 2.05) is 18.2 Å². The van der Waals surface area contributed by atoms with Gasteiger partial charge >= 0.3 is 0 Å². The van der Waals surface area contributed by atoms with Crippen LogP contribution < -0.4 is 10.1 Å². The summed E-state index contributed by atoms with van der Waals surface area (Å²) >= 11 is 0. The molecule has 0 radical (unpaired) electrons. The maximum Gasteiger partial charge on any atom is 0.255 e. The average Bonchev–Trinajstić information content (AvgIpc) is 3.39. The monoisotopic (exact) mass is 455 g/mol. The molecule has 3 aliphatic heterocycles. The summed E-state index contributed by atoms with van der Waals surface area (Å²) in [5.74, 6) is -0.0341. The van der Waals surface area contributed by atoms with Crippen molar-refractivity contribution in [1.29, 1.82) is 0 Å². The Kier molecular flexibility index (Phi) is 5.91. The van der Waals surface area contributed by atoms with Crippen LogP contribution in [0.25, 0.3) is 0 Å². The number of piperidine rings is 2. The molecule has 178 valence electrons. The first-order valence-electron chi connectivity index (χ1n) is 12.1. The molecular weight excluding hydrogens is 422 g/mol. The lowest BCUT2D eigenvalue weighted by molar-refractivity contribution is -0.136. The van der Waals surface area contributed by atoms with Gasteiger partial charge in [0.05, 0.1) is 5.60 Å². The third-order valence-corrected chi connectivity index (χ3v) is 8.02. The maximum atomic E-state index is 12.9. The first-order valence-corrected chi connectivity index (χ1v) is 12.1. The summed E-state index contributed by atoms with van der Waals surface area (Å²) in [4.78, 5) is 40.8. The Morgan fingerprint density at radius 1 is 1.09 bits per heavy atom. The standard InChI is InChI=1S/C25H33N3O5/c1-25(32-2)10-12-27(13-11-25)19-4-3-5-21(19)33-17-6-7-18-16(14-17)15-28(24(18)31)20-8-9-22(29)26-23(20)30/h6-7,14,19-21H,3-5,8-13,15H2,1-2H3,(H,26,29,30)/t19-,20?,21-/m1/s1. The largest absolute Gasteiger partial charge is 0.489 e. The van der Waals surface area contributed by atoms with Crippen LogP contribution in [0.4, 0.5) is 0 Å². The van der Waals surface area contributed by atoms with Gasteiger partial charge in [-0.3, -0.25) is 24.6 Å². The molecule has 1 saturated carbocycles. The highest BCUT2D eigenvalue weighted by Gasteiger charge is 2.41. The Hall–Kier alpha value is -2.45. The molecule has 3 amide bonds. The third-order valence-electron chi connectivity index (χ3n) is 8.02. The molecule has 3 fully saturated rings. The predicted molar refractivity (Wildman–Crippen MR) is 121 cm³/mol. The van der Waals surface area contributed by atoms with Gasteiger partial charge in [-0.05, 0) is 69.2 Å². The Morgan fingerprint density at radius 3 is 2.61 bits per heavy atom. The molecule has 4 aliphatic rings. The quantitative estimate of drug-likeness (QED) is 0.686. The highest BCUT2D eigenvalue weighted by atomic mass is 16.5. The lowest BCUT2D eigenvalue weighted by Crippen LogP contribution is -2.52. The number of carbonyl (C=O) groups is 3. The van der Waals surface area contributed by atoms with Crippen LogP contribution in [-0.4, -0.2) is 71.5 Å². The van der Waals surface area contributed by atoms with E-state index in [9.17, 15) is 14.4 Å². The van der Waals surface area contributed by atoms with Crippen LogP contribution in [0.2, 0.25) is 0 Å². The summed E-state index contributed by atoms with van der Waals surface area (Å²) in [6, 6.07) is 5.45. The molecule has 3 atom stereocenters. The topological polar surface area (TPSA) is 88.2 Å². The van der Waals surface area contributed by atoms with Gasteiger partial charge in [-0.25, -0.2) is 0 Å². The number of imide groups is 1. The zero-order valence-electron chi connectivity index (χ0n) is 19.5. The van der Waals surface area contributed by atoms with Crippen molar-refractivity contribution in [3.63, 3.8) is 0 Å². The first-order chi connectivity index (χ1) is 15.9. The van der Waals surface area contributed by atoms with Crippen molar-refractivity contribution in [3.8, 4) is 5.75 Å². The molecular formula is C25H33N3O5. The number of amides is 3. The number of benzene rings is 1. The smallest absolute Gasteiger partial charge is 0.255 e. The van der Waals surface area contributed by atoms with Gasteiger partial charge in [0.25, 0.3) is 5.91 Å². The molecule has 8 nitrogen and oxygen atoms in total. The summed E-state index contributed by atoms with van der Waals surface area (Å²) in [6.07, 6.45) is 6.15. The predicted octanol–water partition coefficient (Wildman–Crippen LogP) is 2.25. The van der Waals surface area contributed by atoms with Crippen molar-refractivity contribution in [2.24, 2.45) is 0 Å². The van der Waals surface area contributed by atoms with Gasteiger partial charge in [0.2, 0.25) is 11.8 Å². The zero-order chi connectivity index (χ0) is 23.2. The molecule has 5 rings (SSSR count). The molecule has 3 heterocycles. The van der Waals surface area contributed by atoms with Crippen molar-refractivity contribution in [1.82, 2.24) is 15.1 Å². The lowest BCUT2D eigenvalue weighted by Gasteiger charge is -2.42. The number of hydrogen-bond donors (Lipinski definition) is 1. The van der Waals surface area contributed by atoms with Crippen LogP contribution in [-0.2, 0) is 20.9 Å². The fourth-order valence-corrected chi connectivity index (χ4v) is 5.79. The molecule has 0 aromatic heterocycles. The number of ether oxygens (including phenoxy) is 2. The second-order valence-electron chi connectivity index (χ2n) is 10.1. The van der Waals surface area contributed by atoms with Gasteiger partial charge in [0.1, 0.15) is 17.9 Å². The van der Waals surface area contributed by atoms with E-state index in [2.05, 4.69) is 17.1 Å². The van der Waals surface area contributed by atoms with E-state index in [4.69, 9.17) is 9.47 Å². The number of fused-ring (bicyclic) bond motifs is 1. The van der Waals surface area contributed by atoms with Crippen molar-refractivity contribution >= 4 is 17.7 Å². The number of rotatable bonds is 5. The molecule has 1 unspecified atom stereocenters. The minimum atomic E-state index is -0.594. The van der Waals surface area contributed by atoms with Crippen molar-refractivity contribution in [2.45, 2.75) is 82.2 Å². The summed E-state index contributed by atoms with van der Waals surface area (Å²) in [5, 5.41) is 2.35. The van der Waals surface area contributed by atoms with Crippen LogP contribution in [0.5, 0.6) is 5.75 Å². The van der Waals surface area contributed by atoms with E-state index in [0.29, 0.717) is 24.6 Å². The van der Waals surface area contributed by atoms with Gasteiger partial charge < -0.3 is 14.4 Å². The molecule has 1 aliphatic carbocycles. The van der Waals surface area contributed by atoms with Crippen molar-refractivity contribution < 1.29 is 23.9 Å². The van der Waals surface area contributed by atoms with Crippen molar-refractivity contribution in [3.05, 3.63) is 29.3 Å². The molecule has 0 spiro atoms. The fraction of sp³-hybridized carbons (Fsp3) is 0.640. The molecule has 1 N–H and O–H groups in total. The highest BCUT2D eigenvalue weighted by molar-refractivity contribution is 6.05. The van der Waals surface area contributed by atoms with Gasteiger partial charge in [0.15, 0.2) is 0 Å². The van der Waals surface area contributed by atoms with Crippen LogP contribution >= 0.6 is 0 Å². The average molecular weight is 456 g/mol. The first kappa shape index (κ1) is 22.3. The molecule has 2 saturated heterocycles. The Bertz CT molecular complexity index is 955. The van der Waals surface area contributed by atoms with E-state index >= 15 is 0 Å². The second kappa shape index (κ2) is 8.72. The van der Waals surface area contributed by atoms with Gasteiger partial charge in [0, 0.05) is 44.8 Å². The summed E-state index contributed by atoms with van der Waals surface area (Å²) in [5.41, 5.74) is 1.47. The van der Waals surface area contributed by atoms with Crippen LogP contribution in [0.1, 0.15) is 67.8 Å². The summed E-state index contributed by atoms with van der Waals surface area (Å²) in [7, 11) is 1.80. The Labute approximate surface area is 194 Å². The number of hydrogen-bond acceptors (Lipinski definition) is 6. The molecule has 33 heavy (non-hydrogen) atoms. The lowest BCUT2D eigenvalue weighted by atomic mass is 9.92. The van der Waals surface area contributed by atoms with Crippen LogP contribution in [0.15, 0.2) is 18.2 Å². The SMILES string of the molecule is COC1(C)CCN([C@@H]2CCC[C@H]2Oc2ccc3c(c2)CN(C2CCC(=O)NC2=O)C3=O)CC1. The van der Waals surface area contributed by atoms with Gasteiger partial charge in [-0.1, -0.05) is 0 Å². The van der Waals surface area contributed by atoms with Crippen LogP contribution in [0, 0.1) is 0 Å². The van der Waals surface area contributed by atoms with E-state index in [1.54, 1.807) is 12.0 Å².